The summed E-state index contributed by atoms with van der Waals surface area (Å²) in [5, 5.41) is 3.63. The summed E-state index contributed by atoms with van der Waals surface area (Å²) in [5.41, 5.74) is 2.45. The maximum absolute atomic E-state index is 4.53. The molecule has 0 aromatic carbocycles. The van der Waals surface area contributed by atoms with Crippen molar-refractivity contribution in [1.82, 2.24) is 19.9 Å². The van der Waals surface area contributed by atoms with Crippen molar-refractivity contribution in [3.8, 4) is 0 Å². The largest absolute Gasteiger partial charge is 0.335 e. The van der Waals surface area contributed by atoms with E-state index < -0.39 is 0 Å². The lowest BCUT2D eigenvalue weighted by Gasteiger charge is -2.19. The van der Waals surface area contributed by atoms with Crippen LogP contribution in [-0.2, 0) is 13.0 Å². The van der Waals surface area contributed by atoms with Gasteiger partial charge < -0.3 is 9.88 Å². The molecule has 1 unspecified atom stereocenters. The van der Waals surface area contributed by atoms with Crippen LogP contribution in [0.4, 0.5) is 0 Å². The van der Waals surface area contributed by atoms with Gasteiger partial charge in [-0.15, -0.1) is 0 Å². The molecule has 2 aromatic rings. The van der Waals surface area contributed by atoms with E-state index in [0.29, 0.717) is 0 Å². The molecule has 0 spiro atoms. The lowest BCUT2D eigenvalue weighted by atomic mass is 10.0. The van der Waals surface area contributed by atoms with E-state index in [1.54, 1.807) is 0 Å². The fraction of sp³-hybridized carbons (Fsp3) is 0.529. The van der Waals surface area contributed by atoms with Crippen molar-refractivity contribution in [2.75, 3.05) is 6.54 Å². The molecule has 0 radical (unpaired) electrons. The molecule has 0 aliphatic heterocycles. The molecule has 2 aromatic heterocycles. The fourth-order valence-electron chi connectivity index (χ4n) is 2.55. The molecule has 1 atom stereocenters. The van der Waals surface area contributed by atoms with Gasteiger partial charge in [0.15, 0.2) is 0 Å². The van der Waals surface area contributed by atoms with Gasteiger partial charge in [0.05, 0.1) is 0 Å². The molecule has 114 valence electrons. The second kappa shape index (κ2) is 7.93. The molecular formula is C17H26N4. The van der Waals surface area contributed by atoms with Crippen LogP contribution < -0.4 is 5.32 Å². The van der Waals surface area contributed by atoms with Crippen LogP contribution in [0.3, 0.4) is 0 Å². The molecule has 2 heterocycles. The summed E-state index contributed by atoms with van der Waals surface area (Å²) in [4.78, 5) is 8.87. The van der Waals surface area contributed by atoms with E-state index in [4.69, 9.17) is 0 Å². The molecule has 21 heavy (non-hydrogen) atoms. The van der Waals surface area contributed by atoms with E-state index in [9.17, 15) is 0 Å². The SMILES string of the molecule is CCCNC(Cc1nccn1CCC)c1cncc(C)c1. The summed E-state index contributed by atoms with van der Waals surface area (Å²) in [6.07, 6.45) is 11.0. The highest BCUT2D eigenvalue weighted by Crippen LogP contribution is 2.18. The van der Waals surface area contributed by atoms with Crippen LogP contribution in [0.2, 0.25) is 0 Å². The standard InChI is InChI=1S/C17H26N4/c1-4-6-19-16(15-10-14(3)12-18-13-15)11-17-20-7-9-21(17)8-5-2/h7,9-10,12-13,16,19H,4-6,8,11H2,1-3H3. The number of aryl methyl sites for hydroxylation is 2. The van der Waals surface area contributed by atoms with E-state index in [1.807, 2.05) is 18.6 Å². The Labute approximate surface area is 127 Å². The van der Waals surface area contributed by atoms with Gasteiger partial charge >= 0.3 is 0 Å². The fourth-order valence-corrected chi connectivity index (χ4v) is 2.55. The highest BCUT2D eigenvalue weighted by molar-refractivity contribution is 5.21. The summed E-state index contributed by atoms with van der Waals surface area (Å²) in [5.74, 6) is 1.15. The van der Waals surface area contributed by atoms with Crippen LogP contribution in [0.25, 0.3) is 0 Å². The van der Waals surface area contributed by atoms with Crippen LogP contribution in [-0.4, -0.2) is 21.1 Å². The predicted molar refractivity (Wildman–Crippen MR) is 86.2 cm³/mol. The lowest BCUT2D eigenvalue weighted by Crippen LogP contribution is -2.25. The van der Waals surface area contributed by atoms with Gasteiger partial charge in [0.2, 0.25) is 0 Å². The molecule has 0 aliphatic rings. The summed E-state index contributed by atoms with van der Waals surface area (Å²) in [7, 11) is 0. The van der Waals surface area contributed by atoms with Crippen molar-refractivity contribution in [3.63, 3.8) is 0 Å². The molecule has 2 rings (SSSR count). The number of nitrogens with zero attached hydrogens (tertiary/aromatic N) is 3. The summed E-state index contributed by atoms with van der Waals surface area (Å²) in [6.45, 7) is 8.51. The van der Waals surface area contributed by atoms with Crippen molar-refractivity contribution < 1.29 is 0 Å². The smallest absolute Gasteiger partial charge is 0.110 e. The maximum atomic E-state index is 4.53. The first-order valence-electron chi connectivity index (χ1n) is 7.89. The molecule has 0 saturated heterocycles. The predicted octanol–water partition coefficient (Wildman–Crippen LogP) is 3.28. The average molecular weight is 286 g/mol. The van der Waals surface area contributed by atoms with Gasteiger partial charge in [-0.1, -0.05) is 19.9 Å². The Hall–Kier alpha value is -1.68. The Morgan fingerprint density at radius 2 is 2.10 bits per heavy atom. The molecule has 1 N–H and O–H groups in total. The second-order valence-corrected chi connectivity index (χ2v) is 5.54. The van der Waals surface area contributed by atoms with Gasteiger partial charge in [-0.2, -0.15) is 0 Å². The number of aromatic nitrogens is 3. The number of rotatable bonds is 8. The van der Waals surface area contributed by atoms with Gasteiger partial charge in [-0.25, -0.2) is 4.98 Å². The third kappa shape index (κ3) is 4.39. The first-order valence-corrected chi connectivity index (χ1v) is 7.89. The highest BCUT2D eigenvalue weighted by Gasteiger charge is 2.15. The van der Waals surface area contributed by atoms with Crippen LogP contribution in [0, 0.1) is 6.92 Å². The minimum absolute atomic E-state index is 0.273. The molecule has 4 heteroatoms. The quantitative estimate of drug-likeness (QED) is 0.810. The minimum Gasteiger partial charge on any atom is -0.335 e. The third-order valence-corrected chi connectivity index (χ3v) is 3.59. The Morgan fingerprint density at radius 3 is 2.81 bits per heavy atom. The van der Waals surface area contributed by atoms with Gasteiger partial charge in [-0.05, 0) is 37.4 Å². The molecule has 0 fully saturated rings. The van der Waals surface area contributed by atoms with Crippen molar-refractivity contribution in [3.05, 3.63) is 47.8 Å². The number of pyridine rings is 1. The zero-order valence-electron chi connectivity index (χ0n) is 13.3. The van der Waals surface area contributed by atoms with Crippen LogP contribution in [0.5, 0.6) is 0 Å². The van der Waals surface area contributed by atoms with E-state index in [1.165, 1.54) is 11.1 Å². The zero-order chi connectivity index (χ0) is 15.1. The van der Waals surface area contributed by atoms with Crippen LogP contribution in [0.1, 0.15) is 49.7 Å². The van der Waals surface area contributed by atoms with Crippen molar-refractivity contribution in [1.29, 1.82) is 0 Å². The number of nitrogens with one attached hydrogen (secondary N) is 1. The third-order valence-electron chi connectivity index (χ3n) is 3.59. The monoisotopic (exact) mass is 286 g/mol. The van der Waals surface area contributed by atoms with E-state index in [2.05, 4.69) is 52.9 Å². The van der Waals surface area contributed by atoms with E-state index in [-0.39, 0.29) is 6.04 Å². The lowest BCUT2D eigenvalue weighted by molar-refractivity contribution is 0.501. The first kappa shape index (κ1) is 15.7. The van der Waals surface area contributed by atoms with E-state index >= 15 is 0 Å². The Balaban J connectivity index is 2.17. The molecule has 0 saturated carbocycles. The second-order valence-electron chi connectivity index (χ2n) is 5.54. The first-order chi connectivity index (χ1) is 10.2. The topological polar surface area (TPSA) is 42.7 Å². The Kier molecular flexibility index (Phi) is 5.93. The van der Waals surface area contributed by atoms with Crippen LogP contribution >= 0.6 is 0 Å². The highest BCUT2D eigenvalue weighted by atomic mass is 15.1. The Morgan fingerprint density at radius 1 is 1.24 bits per heavy atom. The van der Waals surface area contributed by atoms with Crippen molar-refractivity contribution >= 4 is 0 Å². The van der Waals surface area contributed by atoms with Crippen molar-refractivity contribution in [2.45, 2.75) is 52.6 Å². The number of hydrogen-bond acceptors (Lipinski definition) is 3. The average Bonchev–Trinajstić information content (AvgIpc) is 2.91. The van der Waals surface area contributed by atoms with Crippen LogP contribution in [0.15, 0.2) is 30.9 Å². The summed E-state index contributed by atoms with van der Waals surface area (Å²) >= 11 is 0. The summed E-state index contributed by atoms with van der Waals surface area (Å²) < 4.78 is 2.25. The normalized spacial score (nSPS) is 12.5. The molecule has 0 amide bonds. The molecule has 0 bridgehead atoms. The minimum atomic E-state index is 0.273. The number of imidazole rings is 1. The molecular weight excluding hydrogens is 260 g/mol. The molecule has 4 nitrogen and oxygen atoms in total. The maximum Gasteiger partial charge on any atom is 0.110 e. The molecule has 0 aliphatic carbocycles. The van der Waals surface area contributed by atoms with Gasteiger partial charge in [0.25, 0.3) is 0 Å². The van der Waals surface area contributed by atoms with E-state index in [0.717, 1.165) is 38.2 Å². The van der Waals surface area contributed by atoms with Gasteiger partial charge in [0, 0.05) is 43.8 Å². The van der Waals surface area contributed by atoms with Crippen molar-refractivity contribution in [2.24, 2.45) is 0 Å². The summed E-state index contributed by atoms with van der Waals surface area (Å²) in [6, 6.07) is 2.49. The van der Waals surface area contributed by atoms with Gasteiger partial charge in [-0.3, -0.25) is 4.98 Å². The Bertz CT molecular complexity index is 547. The zero-order valence-corrected chi connectivity index (χ0v) is 13.3. The number of hydrogen-bond donors (Lipinski definition) is 1. The van der Waals surface area contributed by atoms with Gasteiger partial charge in [0.1, 0.15) is 5.82 Å².